The van der Waals surface area contributed by atoms with Crippen LogP contribution in [0.5, 0.6) is 0 Å². The molecule has 150 valence electrons. The largest absolute Gasteiger partial charge is 0.297 e. The molecule has 0 saturated carbocycles. The molecule has 3 heterocycles. The van der Waals surface area contributed by atoms with Gasteiger partial charge in [0.25, 0.3) is 5.56 Å². The number of aromatic amines is 1. The molecule has 1 aliphatic heterocycles. The molecule has 2 aromatic heterocycles. The average Bonchev–Trinajstić information content (AvgIpc) is 3.13. The number of aryl methyl sites for hydroxylation is 3. The molecule has 1 saturated heterocycles. The summed E-state index contributed by atoms with van der Waals surface area (Å²) >= 11 is 0. The van der Waals surface area contributed by atoms with Gasteiger partial charge >= 0.3 is 0 Å². The highest BCUT2D eigenvalue weighted by molar-refractivity contribution is 5.27. The third-order valence-corrected chi connectivity index (χ3v) is 6.93. The van der Waals surface area contributed by atoms with Crippen molar-refractivity contribution < 1.29 is 0 Å². The number of piperidine rings is 1. The first-order valence-electron chi connectivity index (χ1n) is 11.1. The molecule has 1 N–H and O–H groups in total. The first kappa shape index (κ1) is 18.1. The minimum absolute atomic E-state index is 0.0891. The van der Waals surface area contributed by atoms with Crippen molar-refractivity contribution >= 4 is 0 Å². The molecule has 6 nitrogen and oxygen atoms in total. The molecule has 2 aromatic rings. The number of likely N-dealkylation sites (tertiary alicyclic amines) is 1. The quantitative estimate of drug-likeness (QED) is 0.884. The van der Waals surface area contributed by atoms with Crippen LogP contribution in [0.1, 0.15) is 66.7 Å². The summed E-state index contributed by atoms with van der Waals surface area (Å²) in [5, 5.41) is 12.6. The summed E-state index contributed by atoms with van der Waals surface area (Å²) in [5.41, 5.74) is 6.55. The van der Waals surface area contributed by atoms with E-state index in [1.54, 1.807) is 4.68 Å². The fraction of sp³-hybridized carbons (Fsp3) is 0.682. The molecule has 2 aliphatic carbocycles. The zero-order valence-corrected chi connectivity index (χ0v) is 16.8. The Morgan fingerprint density at radius 3 is 2.71 bits per heavy atom. The lowest BCUT2D eigenvalue weighted by Crippen LogP contribution is -2.37. The van der Waals surface area contributed by atoms with Gasteiger partial charge in [-0.15, -0.1) is 0 Å². The first-order chi connectivity index (χ1) is 13.8. The van der Waals surface area contributed by atoms with E-state index >= 15 is 0 Å². The summed E-state index contributed by atoms with van der Waals surface area (Å²) in [6.07, 6.45) is 11.6. The number of hydrogen-bond acceptors (Lipinski definition) is 4. The molecule has 28 heavy (non-hydrogen) atoms. The van der Waals surface area contributed by atoms with Crippen LogP contribution in [0.2, 0.25) is 0 Å². The summed E-state index contributed by atoms with van der Waals surface area (Å²) in [6, 6.07) is 1.84. The molecule has 0 bridgehead atoms. The molecule has 0 radical (unpaired) electrons. The highest BCUT2D eigenvalue weighted by atomic mass is 16.1. The second-order valence-corrected chi connectivity index (χ2v) is 8.90. The van der Waals surface area contributed by atoms with Crippen molar-refractivity contribution in [1.82, 2.24) is 24.9 Å². The Bertz CT molecular complexity index is 891. The summed E-state index contributed by atoms with van der Waals surface area (Å²) < 4.78 is 1.74. The smallest absolute Gasteiger partial charge is 0.267 e. The van der Waals surface area contributed by atoms with E-state index in [1.807, 2.05) is 6.07 Å². The Kier molecular flexibility index (Phi) is 5.05. The third kappa shape index (κ3) is 3.66. The van der Waals surface area contributed by atoms with Crippen molar-refractivity contribution in [2.24, 2.45) is 5.92 Å². The molecule has 3 aliphatic rings. The van der Waals surface area contributed by atoms with E-state index < -0.39 is 0 Å². The van der Waals surface area contributed by atoms with Gasteiger partial charge in [0.05, 0.1) is 11.4 Å². The molecular weight excluding hydrogens is 350 g/mol. The molecule has 0 aromatic carbocycles. The number of H-pyrrole nitrogens is 1. The monoisotopic (exact) mass is 381 g/mol. The Labute approximate surface area is 166 Å². The van der Waals surface area contributed by atoms with E-state index in [0.29, 0.717) is 5.92 Å². The highest BCUT2D eigenvalue weighted by Crippen LogP contribution is 2.25. The first-order valence-corrected chi connectivity index (χ1v) is 11.1. The van der Waals surface area contributed by atoms with E-state index in [-0.39, 0.29) is 5.56 Å². The maximum atomic E-state index is 12.5. The maximum Gasteiger partial charge on any atom is 0.267 e. The van der Waals surface area contributed by atoms with Gasteiger partial charge in [-0.2, -0.15) is 10.2 Å². The Morgan fingerprint density at radius 2 is 1.82 bits per heavy atom. The average molecular weight is 382 g/mol. The fourth-order valence-corrected chi connectivity index (χ4v) is 5.20. The van der Waals surface area contributed by atoms with Gasteiger partial charge in [-0.1, -0.05) is 0 Å². The van der Waals surface area contributed by atoms with Crippen LogP contribution in [-0.4, -0.2) is 38.0 Å². The Morgan fingerprint density at radius 1 is 1.04 bits per heavy atom. The molecule has 0 amide bonds. The lowest BCUT2D eigenvalue weighted by Gasteiger charge is -2.32. The van der Waals surface area contributed by atoms with Crippen LogP contribution >= 0.6 is 0 Å². The van der Waals surface area contributed by atoms with Crippen molar-refractivity contribution in [3.05, 3.63) is 44.6 Å². The van der Waals surface area contributed by atoms with Crippen LogP contribution in [0.3, 0.4) is 0 Å². The van der Waals surface area contributed by atoms with Crippen LogP contribution in [0.15, 0.2) is 10.9 Å². The number of fused-ring (bicyclic) bond motifs is 2. The highest BCUT2D eigenvalue weighted by Gasteiger charge is 2.24. The predicted octanol–water partition coefficient (Wildman–Crippen LogP) is 2.64. The lowest BCUT2D eigenvalue weighted by molar-refractivity contribution is 0.161. The van der Waals surface area contributed by atoms with Gasteiger partial charge in [0, 0.05) is 24.8 Å². The standard InChI is InChI=1S/C22H31N5O/c28-22-13-17-5-1-3-7-19(17)25-27(22)14-16-9-11-26(12-10-16)15-21-18-6-2-4-8-20(18)23-24-21/h13,16H,1-12,14-15H2,(H,23,24). The SMILES string of the molecule is O=c1cc2c(nn1CC1CCN(Cc3n[nH]c4c3CCCC4)CC1)CCCC2. The normalized spacial score (nSPS) is 20.7. The molecule has 1 fully saturated rings. The molecule has 0 spiro atoms. The van der Waals surface area contributed by atoms with Gasteiger partial charge in [-0.25, -0.2) is 4.68 Å². The van der Waals surface area contributed by atoms with Crippen molar-refractivity contribution in [3.8, 4) is 0 Å². The molecule has 6 heteroatoms. The van der Waals surface area contributed by atoms with Gasteiger partial charge in [0.15, 0.2) is 0 Å². The molecule has 0 unspecified atom stereocenters. The number of aromatic nitrogens is 4. The molecule has 5 rings (SSSR count). The third-order valence-electron chi connectivity index (χ3n) is 6.93. The van der Waals surface area contributed by atoms with Gasteiger partial charge < -0.3 is 0 Å². The van der Waals surface area contributed by atoms with Crippen molar-refractivity contribution in [1.29, 1.82) is 0 Å². The van der Waals surface area contributed by atoms with Crippen molar-refractivity contribution in [2.45, 2.75) is 77.3 Å². The summed E-state index contributed by atoms with van der Waals surface area (Å²) in [4.78, 5) is 15.0. The van der Waals surface area contributed by atoms with E-state index in [9.17, 15) is 4.79 Å². The maximum absolute atomic E-state index is 12.5. The van der Waals surface area contributed by atoms with Crippen molar-refractivity contribution in [2.75, 3.05) is 13.1 Å². The molecule has 0 atom stereocenters. The van der Waals surface area contributed by atoms with E-state index in [0.717, 1.165) is 64.0 Å². The Hall–Kier alpha value is -1.95. The minimum atomic E-state index is 0.0891. The number of rotatable bonds is 4. The zero-order valence-electron chi connectivity index (χ0n) is 16.8. The number of nitrogens with one attached hydrogen (secondary N) is 1. The van der Waals surface area contributed by atoms with Crippen molar-refractivity contribution in [3.63, 3.8) is 0 Å². The Balaban J connectivity index is 1.19. The van der Waals surface area contributed by atoms with Crippen LogP contribution < -0.4 is 5.56 Å². The van der Waals surface area contributed by atoms with Crippen LogP contribution in [0.4, 0.5) is 0 Å². The fourth-order valence-electron chi connectivity index (χ4n) is 5.20. The predicted molar refractivity (Wildman–Crippen MR) is 108 cm³/mol. The van der Waals surface area contributed by atoms with Crippen LogP contribution in [0.25, 0.3) is 0 Å². The summed E-state index contributed by atoms with van der Waals surface area (Å²) in [7, 11) is 0. The van der Waals surface area contributed by atoms with E-state index in [2.05, 4.69) is 15.1 Å². The van der Waals surface area contributed by atoms with Gasteiger partial charge in [0.2, 0.25) is 0 Å². The lowest BCUT2D eigenvalue weighted by atomic mass is 9.94. The van der Waals surface area contributed by atoms with Crippen LogP contribution in [-0.2, 0) is 38.8 Å². The van der Waals surface area contributed by atoms with Crippen LogP contribution in [0, 0.1) is 5.92 Å². The second-order valence-electron chi connectivity index (χ2n) is 8.90. The number of hydrogen-bond donors (Lipinski definition) is 1. The van der Waals surface area contributed by atoms with E-state index in [4.69, 9.17) is 5.10 Å². The minimum Gasteiger partial charge on any atom is -0.297 e. The summed E-state index contributed by atoms with van der Waals surface area (Å²) in [6.45, 7) is 3.92. The topological polar surface area (TPSA) is 66.8 Å². The second kappa shape index (κ2) is 7.82. The zero-order chi connectivity index (χ0) is 18.9. The summed E-state index contributed by atoms with van der Waals surface area (Å²) in [5.74, 6) is 0.552. The number of nitrogens with zero attached hydrogens (tertiary/aromatic N) is 4. The van der Waals surface area contributed by atoms with E-state index in [1.165, 1.54) is 54.6 Å². The molecular formula is C22H31N5O. The van der Waals surface area contributed by atoms with Gasteiger partial charge in [0.1, 0.15) is 0 Å². The van der Waals surface area contributed by atoms with Gasteiger partial charge in [-0.3, -0.25) is 14.8 Å². The van der Waals surface area contributed by atoms with Gasteiger partial charge in [-0.05, 0) is 94.3 Å².